The Balaban J connectivity index is 2.58. The highest BCUT2D eigenvalue weighted by molar-refractivity contribution is 9.11. The smallest absolute Gasteiger partial charge is 0.120 e. The molecule has 0 aliphatic carbocycles. The van der Waals surface area contributed by atoms with E-state index in [2.05, 4.69) is 21.2 Å². The van der Waals surface area contributed by atoms with Crippen LogP contribution in [0.1, 0.15) is 0 Å². The number of allylic oxidation sites excluding steroid dienone is 2. The Bertz CT molecular complexity index is 141. The number of halogens is 2. The molecule has 0 aromatic rings. The van der Waals surface area contributed by atoms with E-state index in [-0.39, 0.29) is 5.50 Å². The van der Waals surface area contributed by atoms with Crippen LogP contribution in [0.5, 0.6) is 0 Å². The minimum atomic E-state index is -0.0451. The largest absolute Gasteiger partial charge is 0.371 e. The highest BCUT2D eigenvalue weighted by Crippen LogP contribution is 2.11. The van der Waals surface area contributed by atoms with Gasteiger partial charge in [0.2, 0.25) is 0 Å². The summed E-state index contributed by atoms with van der Waals surface area (Å²) in [5, 5.41) is 2.90. The molecule has 0 saturated heterocycles. The molecule has 1 aliphatic rings. The highest BCUT2D eigenvalue weighted by atomic mass is 79.9. The van der Waals surface area contributed by atoms with Crippen LogP contribution >= 0.6 is 27.5 Å². The number of dihydropyridines is 1. The van der Waals surface area contributed by atoms with Crippen molar-refractivity contribution in [3.63, 3.8) is 0 Å². The second-order valence-electron chi connectivity index (χ2n) is 1.46. The fraction of sp³-hybridized carbons (Fsp3) is 0.200. The van der Waals surface area contributed by atoms with Gasteiger partial charge in [0.05, 0.1) is 0 Å². The Kier molecular flexibility index (Phi) is 1.97. The number of hydrogen-bond donors (Lipinski definition) is 1. The summed E-state index contributed by atoms with van der Waals surface area (Å²) in [6.45, 7) is 0. The fourth-order valence-electron chi connectivity index (χ4n) is 0.439. The Labute approximate surface area is 61.5 Å². The van der Waals surface area contributed by atoms with E-state index in [1.807, 2.05) is 18.4 Å². The van der Waals surface area contributed by atoms with E-state index in [0.29, 0.717) is 0 Å². The molecule has 0 spiro atoms. The molecule has 0 fully saturated rings. The molecule has 0 amide bonds. The Morgan fingerprint density at radius 3 is 2.88 bits per heavy atom. The maximum atomic E-state index is 5.62. The van der Waals surface area contributed by atoms with Gasteiger partial charge in [-0.25, -0.2) is 0 Å². The Morgan fingerprint density at radius 2 is 2.50 bits per heavy atom. The molecule has 3 heteroatoms. The summed E-state index contributed by atoms with van der Waals surface area (Å²) in [5.74, 6) is 0. The SMILES string of the molecule is ClC1C=CC(Br)=CN1. The summed E-state index contributed by atoms with van der Waals surface area (Å²) in [6.07, 6.45) is 5.59. The maximum Gasteiger partial charge on any atom is 0.120 e. The monoisotopic (exact) mass is 193 g/mol. The summed E-state index contributed by atoms with van der Waals surface area (Å²) < 4.78 is 1.02. The van der Waals surface area contributed by atoms with Gasteiger partial charge in [0, 0.05) is 10.7 Å². The van der Waals surface area contributed by atoms with Crippen LogP contribution in [0.4, 0.5) is 0 Å². The third-order valence-corrected chi connectivity index (χ3v) is 1.57. The molecule has 44 valence electrons. The predicted octanol–water partition coefficient (Wildman–Crippen LogP) is 1.95. The normalized spacial score (nSPS) is 26.8. The van der Waals surface area contributed by atoms with Crippen LogP contribution < -0.4 is 5.32 Å². The molecule has 0 aromatic carbocycles. The second kappa shape index (κ2) is 2.55. The number of alkyl halides is 1. The third kappa shape index (κ3) is 1.53. The van der Waals surface area contributed by atoms with Crippen molar-refractivity contribution < 1.29 is 0 Å². The zero-order valence-corrected chi connectivity index (χ0v) is 6.41. The first-order valence-corrected chi connectivity index (χ1v) is 3.46. The first-order valence-electron chi connectivity index (χ1n) is 2.23. The number of rotatable bonds is 0. The molecular weight excluding hydrogens is 189 g/mol. The topological polar surface area (TPSA) is 12.0 Å². The molecule has 1 nitrogen and oxygen atoms in total. The van der Waals surface area contributed by atoms with Gasteiger partial charge in [-0.2, -0.15) is 0 Å². The summed E-state index contributed by atoms with van der Waals surface area (Å²) in [6, 6.07) is 0. The summed E-state index contributed by atoms with van der Waals surface area (Å²) in [4.78, 5) is 0. The molecule has 1 aliphatic heterocycles. The van der Waals surface area contributed by atoms with E-state index >= 15 is 0 Å². The van der Waals surface area contributed by atoms with Gasteiger partial charge >= 0.3 is 0 Å². The van der Waals surface area contributed by atoms with E-state index < -0.39 is 0 Å². The minimum absolute atomic E-state index is 0.0451. The lowest BCUT2D eigenvalue weighted by Gasteiger charge is -2.07. The van der Waals surface area contributed by atoms with Crippen molar-refractivity contribution >= 4 is 27.5 Å². The summed E-state index contributed by atoms with van der Waals surface area (Å²) in [5.41, 5.74) is -0.0451. The van der Waals surface area contributed by atoms with Crippen LogP contribution in [-0.4, -0.2) is 5.50 Å². The van der Waals surface area contributed by atoms with Gasteiger partial charge in [-0.3, -0.25) is 0 Å². The van der Waals surface area contributed by atoms with Crippen LogP contribution in [0, 0.1) is 0 Å². The fourth-order valence-corrected chi connectivity index (χ4v) is 0.860. The number of hydrogen-bond acceptors (Lipinski definition) is 1. The van der Waals surface area contributed by atoms with Crippen molar-refractivity contribution in [2.75, 3.05) is 0 Å². The van der Waals surface area contributed by atoms with Crippen molar-refractivity contribution in [2.24, 2.45) is 0 Å². The number of nitrogens with one attached hydrogen (secondary N) is 1. The quantitative estimate of drug-likeness (QED) is 0.459. The average Bonchev–Trinajstić information content (AvgIpc) is 1.77. The highest BCUT2D eigenvalue weighted by Gasteiger charge is 1.98. The van der Waals surface area contributed by atoms with E-state index in [9.17, 15) is 0 Å². The molecular formula is C5H5BrClN. The first kappa shape index (κ1) is 6.17. The van der Waals surface area contributed by atoms with Crippen molar-refractivity contribution in [1.29, 1.82) is 0 Å². The molecule has 0 radical (unpaired) electrons. The van der Waals surface area contributed by atoms with E-state index in [0.717, 1.165) is 4.48 Å². The molecule has 0 bridgehead atoms. The first-order chi connectivity index (χ1) is 3.79. The lowest BCUT2D eigenvalue weighted by molar-refractivity contribution is 0.900. The molecule has 8 heavy (non-hydrogen) atoms. The van der Waals surface area contributed by atoms with Gasteiger partial charge in [0.25, 0.3) is 0 Å². The van der Waals surface area contributed by atoms with Crippen molar-refractivity contribution in [2.45, 2.75) is 5.50 Å². The van der Waals surface area contributed by atoms with Crippen molar-refractivity contribution in [1.82, 2.24) is 5.32 Å². The van der Waals surface area contributed by atoms with E-state index in [1.54, 1.807) is 0 Å². The van der Waals surface area contributed by atoms with Crippen LogP contribution in [0.15, 0.2) is 22.8 Å². The standard InChI is InChI=1S/C5H5BrClN/c6-4-1-2-5(7)8-3-4/h1-3,5,8H. The molecule has 1 N–H and O–H groups in total. The Hall–Kier alpha value is 0.0500. The molecule has 0 saturated carbocycles. The molecule has 1 unspecified atom stereocenters. The van der Waals surface area contributed by atoms with Gasteiger partial charge in [-0.05, 0) is 28.1 Å². The lowest BCUT2D eigenvalue weighted by atomic mass is 10.4. The van der Waals surface area contributed by atoms with Crippen molar-refractivity contribution in [3.05, 3.63) is 22.8 Å². The van der Waals surface area contributed by atoms with Crippen LogP contribution in [0.2, 0.25) is 0 Å². The van der Waals surface area contributed by atoms with E-state index in [1.165, 1.54) is 0 Å². The summed E-state index contributed by atoms with van der Waals surface area (Å²) in [7, 11) is 0. The summed E-state index contributed by atoms with van der Waals surface area (Å²) >= 11 is 8.89. The molecule has 1 rings (SSSR count). The lowest BCUT2D eigenvalue weighted by Crippen LogP contribution is -2.17. The molecule has 0 aromatic heterocycles. The maximum absolute atomic E-state index is 5.62. The van der Waals surface area contributed by atoms with Gasteiger partial charge in [0.1, 0.15) is 5.50 Å². The van der Waals surface area contributed by atoms with E-state index in [4.69, 9.17) is 11.6 Å². The second-order valence-corrected chi connectivity index (χ2v) is 2.84. The average molecular weight is 194 g/mol. The minimum Gasteiger partial charge on any atom is -0.371 e. The van der Waals surface area contributed by atoms with Gasteiger partial charge in [-0.15, -0.1) is 0 Å². The van der Waals surface area contributed by atoms with Crippen molar-refractivity contribution in [3.8, 4) is 0 Å². The van der Waals surface area contributed by atoms with Gasteiger partial charge < -0.3 is 5.32 Å². The zero-order valence-electron chi connectivity index (χ0n) is 4.07. The van der Waals surface area contributed by atoms with Gasteiger partial charge in [0.15, 0.2) is 0 Å². The van der Waals surface area contributed by atoms with Crippen LogP contribution in [0.25, 0.3) is 0 Å². The predicted molar refractivity (Wildman–Crippen MR) is 38.9 cm³/mol. The van der Waals surface area contributed by atoms with Crippen LogP contribution in [0.3, 0.4) is 0 Å². The van der Waals surface area contributed by atoms with Crippen LogP contribution in [-0.2, 0) is 0 Å². The molecule has 1 atom stereocenters. The Morgan fingerprint density at radius 1 is 1.75 bits per heavy atom. The third-order valence-electron chi connectivity index (χ3n) is 0.805. The van der Waals surface area contributed by atoms with Gasteiger partial charge in [-0.1, -0.05) is 11.6 Å². The molecule has 1 heterocycles. The zero-order chi connectivity index (χ0) is 5.98.